The van der Waals surface area contributed by atoms with E-state index in [-0.39, 0.29) is 0 Å². The normalized spacial score (nSPS) is 12.0. The van der Waals surface area contributed by atoms with Gasteiger partial charge in [-0.2, -0.15) is 15.0 Å². The molecule has 6 nitrogen and oxygen atoms in total. The second kappa shape index (κ2) is 9.11. The predicted octanol–water partition coefficient (Wildman–Crippen LogP) is 9.63. The number of aromatic nitrogens is 5. The van der Waals surface area contributed by atoms with E-state index in [2.05, 4.69) is 118 Å². The number of fused-ring (bicyclic) bond motifs is 9. The Bertz CT molecular complexity index is 2550. The van der Waals surface area contributed by atoms with Crippen molar-refractivity contribution in [2.24, 2.45) is 0 Å². The zero-order valence-corrected chi connectivity index (χ0v) is 23.9. The molecular formula is C39H23N5O. The number of nitrogens with zero attached hydrogens (tertiary/aromatic N) is 5. The molecule has 0 spiro atoms. The van der Waals surface area contributed by atoms with Crippen LogP contribution in [0, 0.1) is 0 Å². The third-order valence-corrected chi connectivity index (χ3v) is 8.81. The summed E-state index contributed by atoms with van der Waals surface area (Å²) >= 11 is 0. The maximum atomic E-state index is 6.14. The molecule has 0 aliphatic heterocycles. The Morgan fingerprint density at radius 2 is 0.800 bits per heavy atom. The first-order valence-electron chi connectivity index (χ1n) is 15.0. The highest BCUT2D eigenvalue weighted by atomic mass is 16.3. The topological polar surface area (TPSA) is 61.7 Å². The Morgan fingerprint density at radius 3 is 1.31 bits per heavy atom. The van der Waals surface area contributed by atoms with Gasteiger partial charge in [0.25, 0.3) is 0 Å². The number of rotatable bonds is 3. The predicted molar refractivity (Wildman–Crippen MR) is 181 cm³/mol. The lowest BCUT2D eigenvalue weighted by Crippen LogP contribution is -2.10. The minimum absolute atomic E-state index is 0.561. The lowest BCUT2D eigenvalue weighted by molar-refractivity contribution is 0.669. The molecule has 45 heavy (non-hydrogen) atoms. The molecule has 0 saturated carbocycles. The minimum Gasteiger partial charge on any atom is -0.456 e. The van der Waals surface area contributed by atoms with Crippen molar-refractivity contribution in [1.82, 2.24) is 24.1 Å². The highest BCUT2D eigenvalue weighted by Gasteiger charge is 2.20. The molecule has 210 valence electrons. The van der Waals surface area contributed by atoms with Crippen LogP contribution >= 0.6 is 0 Å². The Balaban J connectivity index is 1.32. The second-order valence-corrected chi connectivity index (χ2v) is 11.3. The van der Waals surface area contributed by atoms with E-state index in [9.17, 15) is 0 Å². The zero-order chi connectivity index (χ0) is 29.5. The summed E-state index contributed by atoms with van der Waals surface area (Å²) in [7, 11) is 0. The summed E-state index contributed by atoms with van der Waals surface area (Å²) in [5.74, 6) is 1.71. The first-order chi connectivity index (χ1) is 22.3. The molecule has 0 bridgehead atoms. The van der Waals surface area contributed by atoms with Gasteiger partial charge in [-0.25, -0.2) is 0 Å². The van der Waals surface area contributed by atoms with Crippen LogP contribution in [0.15, 0.2) is 144 Å². The number of furan rings is 1. The fraction of sp³-hybridized carbons (Fsp3) is 0. The van der Waals surface area contributed by atoms with Crippen molar-refractivity contribution in [3.05, 3.63) is 140 Å². The molecule has 4 aromatic heterocycles. The maximum absolute atomic E-state index is 6.14. The van der Waals surface area contributed by atoms with Crippen LogP contribution in [0.3, 0.4) is 0 Å². The van der Waals surface area contributed by atoms with Gasteiger partial charge < -0.3 is 4.42 Å². The molecule has 0 saturated heterocycles. The zero-order valence-electron chi connectivity index (χ0n) is 23.9. The summed E-state index contributed by atoms with van der Waals surface area (Å²) in [5.41, 5.74) is 6.75. The third kappa shape index (κ3) is 3.48. The van der Waals surface area contributed by atoms with Crippen LogP contribution in [-0.4, -0.2) is 24.1 Å². The quantitative estimate of drug-likeness (QED) is 0.210. The Morgan fingerprint density at radius 1 is 0.378 bits per heavy atom. The smallest absolute Gasteiger partial charge is 0.240 e. The van der Waals surface area contributed by atoms with Crippen LogP contribution in [0.4, 0.5) is 0 Å². The Kier molecular flexibility index (Phi) is 4.90. The van der Waals surface area contributed by atoms with Gasteiger partial charge in [-0.15, -0.1) is 0 Å². The standard InChI is InChI=1S/C39H23N5O/c1-6-16-31-25(11-1)26-12-2-7-17-32(26)43(31)38-40-37(24-21-22-36-30(23-24)29-15-5-10-20-35(29)45-36)41-39(42-38)44-33-18-8-3-13-27(33)28-14-4-9-19-34(28)44/h1-23H. The van der Waals surface area contributed by atoms with Gasteiger partial charge in [0.1, 0.15) is 11.2 Å². The molecule has 10 aromatic rings. The van der Waals surface area contributed by atoms with Gasteiger partial charge in [0, 0.05) is 37.9 Å². The first-order valence-corrected chi connectivity index (χ1v) is 15.0. The average molecular weight is 578 g/mol. The molecule has 0 aliphatic rings. The van der Waals surface area contributed by atoms with Crippen LogP contribution in [0.5, 0.6) is 0 Å². The first kappa shape index (κ1) is 24.2. The fourth-order valence-electron chi connectivity index (χ4n) is 6.82. The second-order valence-electron chi connectivity index (χ2n) is 11.3. The number of benzene rings is 6. The summed E-state index contributed by atoms with van der Waals surface area (Å²) in [4.78, 5) is 15.6. The number of hydrogen-bond donors (Lipinski definition) is 0. The largest absolute Gasteiger partial charge is 0.456 e. The summed E-state index contributed by atoms with van der Waals surface area (Å²) in [6.07, 6.45) is 0. The van der Waals surface area contributed by atoms with Crippen LogP contribution in [0.2, 0.25) is 0 Å². The van der Waals surface area contributed by atoms with Gasteiger partial charge in [-0.05, 0) is 48.5 Å². The van der Waals surface area contributed by atoms with E-state index in [0.717, 1.165) is 71.1 Å². The molecule has 0 unspecified atom stereocenters. The van der Waals surface area contributed by atoms with Crippen molar-refractivity contribution in [2.75, 3.05) is 0 Å². The van der Waals surface area contributed by atoms with Crippen molar-refractivity contribution < 1.29 is 4.42 Å². The molecule has 0 fully saturated rings. The summed E-state index contributed by atoms with van der Waals surface area (Å²) in [5, 5.41) is 6.70. The van der Waals surface area contributed by atoms with Crippen LogP contribution in [-0.2, 0) is 0 Å². The van der Waals surface area contributed by atoms with E-state index in [1.165, 1.54) is 0 Å². The fourth-order valence-corrected chi connectivity index (χ4v) is 6.82. The number of hydrogen-bond acceptors (Lipinski definition) is 4. The summed E-state index contributed by atoms with van der Waals surface area (Å²) < 4.78 is 10.4. The minimum atomic E-state index is 0.561. The molecular weight excluding hydrogens is 554 g/mol. The van der Waals surface area contributed by atoms with Crippen LogP contribution < -0.4 is 0 Å². The van der Waals surface area contributed by atoms with Crippen molar-refractivity contribution >= 4 is 65.6 Å². The van der Waals surface area contributed by atoms with Crippen molar-refractivity contribution in [1.29, 1.82) is 0 Å². The SMILES string of the molecule is c1ccc2c(c1)oc1ccc(-c3nc(-n4c5ccccc5c5ccccc54)nc(-n4c5ccccc5c5ccccc54)n3)cc12. The molecule has 0 radical (unpaired) electrons. The molecule has 0 amide bonds. The van der Waals surface area contributed by atoms with E-state index in [1.807, 2.05) is 30.3 Å². The van der Waals surface area contributed by atoms with Crippen molar-refractivity contribution in [3.63, 3.8) is 0 Å². The monoisotopic (exact) mass is 577 g/mol. The highest BCUT2D eigenvalue weighted by Crippen LogP contribution is 2.35. The molecule has 6 heteroatoms. The van der Waals surface area contributed by atoms with Crippen LogP contribution in [0.1, 0.15) is 0 Å². The third-order valence-electron chi connectivity index (χ3n) is 8.81. The molecule has 4 heterocycles. The van der Waals surface area contributed by atoms with Crippen LogP contribution in [0.25, 0.3) is 88.8 Å². The van der Waals surface area contributed by atoms with E-state index >= 15 is 0 Å². The van der Waals surface area contributed by atoms with Crippen molar-refractivity contribution in [2.45, 2.75) is 0 Å². The van der Waals surface area contributed by atoms with E-state index < -0.39 is 0 Å². The molecule has 0 atom stereocenters. The average Bonchev–Trinajstić information content (AvgIpc) is 3.75. The van der Waals surface area contributed by atoms with Gasteiger partial charge in [0.05, 0.1) is 22.1 Å². The van der Waals surface area contributed by atoms with Gasteiger partial charge in [0.2, 0.25) is 11.9 Å². The van der Waals surface area contributed by atoms with Gasteiger partial charge in [-0.1, -0.05) is 91.0 Å². The highest BCUT2D eigenvalue weighted by molar-refractivity contribution is 6.10. The van der Waals surface area contributed by atoms with E-state index in [1.54, 1.807) is 0 Å². The molecule has 6 aromatic carbocycles. The van der Waals surface area contributed by atoms with E-state index in [0.29, 0.717) is 17.7 Å². The van der Waals surface area contributed by atoms with E-state index in [4.69, 9.17) is 19.4 Å². The van der Waals surface area contributed by atoms with Gasteiger partial charge in [0.15, 0.2) is 5.82 Å². The lowest BCUT2D eigenvalue weighted by Gasteiger charge is -2.12. The molecule has 0 aliphatic carbocycles. The Hall–Kier alpha value is -6.27. The van der Waals surface area contributed by atoms with Crippen molar-refractivity contribution in [3.8, 4) is 23.3 Å². The van der Waals surface area contributed by atoms with Gasteiger partial charge in [-0.3, -0.25) is 9.13 Å². The summed E-state index contributed by atoms with van der Waals surface area (Å²) in [6, 6.07) is 48.0. The molecule has 0 N–H and O–H groups in total. The maximum Gasteiger partial charge on any atom is 0.240 e. The molecule has 10 rings (SSSR count). The number of para-hydroxylation sites is 5. The van der Waals surface area contributed by atoms with Gasteiger partial charge >= 0.3 is 0 Å². The Labute approximate surface area is 256 Å². The summed E-state index contributed by atoms with van der Waals surface area (Å²) in [6.45, 7) is 0. The lowest BCUT2D eigenvalue weighted by atomic mass is 10.1.